The van der Waals surface area contributed by atoms with Crippen LogP contribution in [0, 0.1) is 3.57 Å². The number of nitrogens with zero attached hydrogens (tertiary/aromatic N) is 1. The number of halogens is 3. The van der Waals surface area contributed by atoms with E-state index < -0.39 is 5.91 Å². The van der Waals surface area contributed by atoms with Crippen molar-refractivity contribution in [3.05, 3.63) is 54.2 Å². The van der Waals surface area contributed by atoms with E-state index in [4.69, 9.17) is 9.15 Å². The highest BCUT2D eigenvalue weighted by Gasteiger charge is 2.14. The van der Waals surface area contributed by atoms with Gasteiger partial charge in [0.05, 0.1) is 21.4 Å². The lowest BCUT2D eigenvalue weighted by Gasteiger charge is -2.06. The van der Waals surface area contributed by atoms with Crippen molar-refractivity contribution in [1.29, 1.82) is 0 Å². The molecule has 1 aromatic heterocycles. The molecule has 0 fully saturated rings. The third kappa shape index (κ3) is 4.04. The van der Waals surface area contributed by atoms with E-state index in [-0.39, 0.29) is 11.5 Å². The lowest BCUT2D eigenvalue weighted by molar-refractivity contribution is 0.0929. The quantitative estimate of drug-likeness (QED) is 0.252. The first-order valence-corrected chi connectivity index (χ1v) is 9.84. The average Bonchev–Trinajstić information content (AvgIpc) is 3.02. The van der Waals surface area contributed by atoms with E-state index in [0.717, 1.165) is 13.4 Å². The molecule has 1 heterocycles. The largest absolute Gasteiger partial charge is 0.503 e. The van der Waals surface area contributed by atoms with Crippen LogP contribution < -0.4 is 10.2 Å². The molecule has 0 unspecified atom stereocenters. The van der Waals surface area contributed by atoms with Crippen molar-refractivity contribution in [3.8, 4) is 11.5 Å². The molecule has 0 bridgehead atoms. The van der Waals surface area contributed by atoms with Gasteiger partial charge in [-0.05, 0) is 74.4 Å². The van der Waals surface area contributed by atoms with Crippen molar-refractivity contribution in [3.63, 3.8) is 0 Å². The van der Waals surface area contributed by atoms with E-state index in [0.29, 0.717) is 21.4 Å². The van der Waals surface area contributed by atoms with Crippen molar-refractivity contribution < 1.29 is 19.1 Å². The molecule has 134 valence electrons. The highest BCUT2D eigenvalue weighted by molar-refractivity contribution is 14.1. The molecule has 0 saturated heterocycles. The summed E-state index contributed by atoms with van der Waals surface area (Å²) in [5.41, 5.74) is 3.70. The molecule has 0 aliphatic carbocycles. The predicted molar refractivity (Wildman–Crippen MR) is 114 cm³/mol. The normalized spacial score (nSPS) is 11.2. The summed E-state index contributed by atoms with van der Waals surface area (Å²) in [4.78, 5) is 12.2. The standard InChI is InChI=1S/C17H11Br2IN2O4/c1-25-13-3-8(2-11(19)15(13)23)7-21-22-17(24)14-5-9-4-10(18)6-12(20)16(9)26-14/h2-7,23H,1H3,(H,22,24)/b21-7-. The number of rotatable bonds is 4. The molecule has 9 heteroatoms. The van der Waals surface area contributed by atoms with Crippen LogP contribution >= 0.6 is 54.5 Å². The first kappa shape index (κ1) is 19.2. The van der Waals surface area contributed by atoms with E-state index in [1.807, 2.05) is 12.1 Å². The Labute approximate surface area is 179 Å². The maximum atomic E-state index is 12.2. The number of ether oxygens (including phenoxy) is 1. The third-order valence-electron chi connectivity index (χ3n) is 3.41. The molecule has 2 N–H and O–H groups in total. The zero-order valence-electron chi connectivity index (χ0n) is 13.2. The maximum absolute atomic E-state index is 12.2. The van der Waals surface area contributed by atoms with E-state index in [2.05, 4.69) is 65.0 Å². The fraction of sp³-hybridized carbons (Fsp3) is 0.0588. The molecule has 2 aromatic carbocycles. The fourth-order valence-electron chi connectivity index (χ4n) is 2.23. The van der Waals surface area contributed by atoms with Gasteiger partial charge >= 0.3 is 5.91 Å². The van der Waals surface area contributed by atoms with Crippen molar-refractivity contribution in [2.24, 2.45) is 5.10 Å². The second-order valence-corrected chi connectivity index (χ2v) is 8.10. The maximum Gasteiger partial charge on any atom is 0.307 e. The van der Waals surface area contributed by atoms with Crippen LogP contribution in [0.4, 0.5) is 0 Å². The van der Waals surface area contributed by atoms with Crippen molar-refractivity contribution in [1.82, 2.24) is 5.43 Å². The van der Waals surface area contributed by atoms with Gasteiger partial charge in [-0.25, -0.2) is 5.43 Å². The Morgan fingerprint density at radius 2 is 2.08 bits per heavy atom. The summed E-state index contributed by atoms with van der Waals surface area (Å²) in [5, 5.41) is 14.5. The van der Waals surface area contributed by atoms with Gasteiger partial charge in [-0.15, -0.1) is 0 Å². The minimum Gasteiger partial charge on any atom is -0.503 e. The predicted octanol–water partition coefficient (Wildman–Crippen LogP) is 5.04. The van der Waals surface area contributed by atoms with Crippen LogP contribution in [0.5, 0.6) is 11.5 Å². The van der Waals surface area contributed by atoms with Crippen LogP contribution in [0.3, 0.4) is 0 Å². The van der Waals surface area contributed by atoms with Crippen LogP contribution in [0.1, 0.15) is 16.1 Å². The van der Waals surface area contributed by atoms with Gasteiger partial charge in [0.1, 0.15) is 5.58 Å². The molecule has 0 saturated carbocycles. The second-order valence-electron chi connectivity index (χ2n) is 5.17. The molecular formula is C17H11Br2IN2O4. The molecule has 0 spiro atoms. The van der Waals surface area contributed by atoms with E-state index >= 15 is 0 Å². The van der Waals surface area contributed by atoms with Crippen LogP contribution in [-0.2, 0) is 0 Å². The second kappa shape index (κ2) is 7.97. The minimum absolute atomic E-state index is 0.00303. The first-order chi connectivity index (χ1) is 12.4. The zero-order valence-corrected chi connectivity index (χ0v) is 18.5. The van der Waals surface area contributed by atoms with Gasteiger partial charge in [-0.1, -0.05) is 15.9 Å². The molecule has 3 aromatic rings. The van der Waals surface area contributed by atoms with Crippen LogP contribution in [0.25, 0.3) is 11.0 Å². The Balaban J connectivity index is 1.78. The smallest absolute Gasteiger partial charge is 0.307 e. The number of carbonyl (C=O) groups is 1. The monoisotopic (exact) mass is 592 g/mol. The Bertz CT molecular complexity index is 1030. The number of aromatic hydroxyl groups is 1. The molecule has 26 heavy (non-hydrogen) atoms. The number of fused-ring (bicyclic) bond motifs is 1. The van der Waals surface area contributed by atoms with Gasteiger partial charge in [-0.2, -0.15) is 5.10 Å². The highest BCUT2D eigenvalue weighted by Crippen LogP contribution is 2.34. The Morgan fingerprint density at radius 3 is 2.81 bits per heavy atom. The Morgan fingerprint density at radius 1 is 1.31 bits per heavy atom. The van der Waals surface area contributed by atoms with Crippen molar-refractivity contribution in [2.45, 2.75) is 0 Å². The summed E-state index contributed by atoms with van der Waals surface area (Å²) in [6, 6.07) is 8.68. The van der Waals surface area contributed by atoms with Gasteiger partial charge in [0.25, 0.3) is 0 Å². The van der Waals surface area contributed by atoms with Gasteiger partial charge < -0.3 is 14.3 Å². The number of hydrazone groups is 1. The highest BCUT2D eigenvalue weighted by atomic mass is 127. The van der Waals surface area contributed by atoms with E-state index in [1.54, 1.807) is 18.2 Å². The number of methoxy groups -OCH3 is 1. The number of nitrogens with one attached hydrogen (secondary N) is 1. The SMILES string of the molecule is COc1cc(/C=N\NC(=O)c2cc3cc(Br)cc(I)c3o2)cc(Br)c1O. The summed E-state index contributed by atoms with van der Waals surface area (Å²) < 4.78 is 13.0. The zero-order chi connectivity index (χ0) is 18.8. The number of hydrogen-bond donors (Lipinski definition) is 2. The van der Waals surface area contributed by atoms with Crippen LogP contribution in [0.2, 0.25) is 0 Å². The number of phenolic OH excluding ortho intramolecular Hbond substituents is 1. The number of amides is 1. The van der Waals surface area contributed by atoms with Crippen LogP contribution in [0.15, 0.2) is 48.8 Å². The molecule has 0 aliphatic heterocycles. The van der Waals surface area contributed by atoms with Gasteiger partial charge in [0.2, 0.25) is 0 Å². The Kier molecular flexibility index (Phi) is 5.88. The number of furan rings is 1. The first-order valence-electron chi connectivity index (χ1n) is 7.17. The molecule has 6 nitrogen and oxygen atoms in total. The third-order valence-corrected chi connectivity index (χ3v) is 5.27. The summed E-state index contributed by atoms with van der Waals surface area (Å²) in [5.74, 6) is -0.00636. The lowest BCUT2D eigenvalue weighted by atomic mass is 10.2. The fourth-order valence-corrected chi connectivity index (χ4v) is 4.35. The molecule has 1 amide bonds. The summed E-state index contributed by atoms with van der Waals surface area (Å²) in [6.45, 7) is 0. The Hall–Kier alpha value is -1.59. The van der Waals surface area contributed by atoms with Gasteiger partial charge in [-0.3, -0.25) is 4.79 Å². The van der Waals surface area contributed by atoms with E-state index in [9.17, 15) is 9.90 Å². The minimum atomic E-state index is -0.464. The molecule has 0 atom stereocenters. The average molecular weight is 594 g/mol. The number of phenols is 1. The molecular weight excluding hydrogens is 583 g/mol. The molecule has 0 aliphatic rings. The number of hydrogen-bond acceptors (Lipinski definition) is 5. The molecule has 0 radical (unpaired) electrons. The van der Waals surface area contributed by atoms with Gasteiger partial charge in [0, 0.05) is 9.86 Å². The number of carbonyl (C=O) groups excluding carboxylic acids is 1. The van der Waals surface area contributed by atoms with Crippen molar-refractivity contribution in [2.75, 3.05) is 7.11 Å². The van der Waals surface area contributed by atoms with E-state index in [1.165, 1.54) is 13.3 Å². The molecule has 3 rings (SSSR count). The van der Waals surface area contributed by atoms with Crippen LogP contribution in [-0.4, -0.2) is 24.3 Å². The topological polar surface area (TPSA) is 84.1 Å². The number of benzene rings is 2. The lowest BCUT2D eigenvalue weighted by Crippen LogP contribution is -2.16. The van der Waals surface area contributed by atoms with Crippen molar-refractivity contribution >= 4 is 77.5 Å². The van der Waals surface area contributed by atoms with Gasteiger partial charge in [0.15, 0.2) is 17.3 Å². The summed E-state index contributed by atoms with van der Waals surface area (Å²) in [7, 11) is 1.45. The summed E-state index contributed by atoms with van der Waals surface area (Å²) >= 11 is 8.79. The summed E-state index contributed by atoms with van der Waals surface area (Å²) in [6.07, 6.45) is 1.44.